The van der Waals surface area contributed by atoms with Crippen LogP contribution in [-0.4, -0.2) is 16.1 Å². The van der Waals surface area contributed by atoms with E-state index in [9.17, 15) is 14.4 Å². The second-order valence-corrected chi connectivity index (χ2v) is 5.36. The lowest BCUT2D eigenvalue weighted by atomic mass is 9.89. The van der Waals surface area contributed by atoms with Gasteiger partial charge in [0, 0.05) is 29.2 Å². The minimum atomic E-state index is -0.761. The van der Waals surface area contributed by atoms with E-state index in [1.807, 2.05) is 0 Å². The van der Waals surface area contributed by atoms with E-state index < -0.39 is 11.8 Å². The van der Waals surface area contributed by atoms with E-state index >= 15 is 0 Å². The first-order chi connectivity index (χ1) is 11.0. The van der Waals surface area contributed by atoms with Crippen LogP contribution in [0.1, 0.15) is 29.2 Å². The number of nitrogens with one attached hydrogen (secondary N) is 2. The number of aryl methyl sites for hydroxylation is 1. The Morgan fingerprint density at radius 1 is 1.26 bits per heavy atom. The molecule has 1 atom stereocenters. The van der Waals surface area contributed by atoms with E-state index in [1.54, 1.807) is 31.2 Å². The molecule has 3 aromatic rings. The Kier molecular flexibility index (Phi) is 3.61. The summed E-state index contributed by atoms with van der Waals surface area (Å²) >= 11 is 0. The molecule has 0 unspecified atom stereocenters. The van der Waals surface area contributed by atoms with Crippen LogP contribution in [0.5, 0.6) is 0 Å². The van der Waals surface area contributed by atoms with Crippen molar-refractivity contribution in [2.45, 2.75) is 19.3 Å². The third kappa shape index (κ3) is 2.57. The SMILES string of the molecule is Cc1[nH][nH]c(=O)c1[C@@H](CC(N)=O)c1coc2ccccc2c1=O. The van der Waals surface area contributed by atoms with Gasteiger partial charge in [0.25, 0.3) is 5.56 Å². The molecule has 23 heavy (non-hydrogen) atoms. The highest BCUT2D eigenvalue weighted by Gasteiger charge is 2.26. The molecule has 7 heteroatoms. The van der Waals surface area contributed by atoms with Crippen molar-refractivity contribution in [3.8, 4) is 0 Å². The molecule has 1 aromatic carbocycles. The van der Waals surface area contributed by atoms with E-state index in [0.29, 0.717) is 22.2 Å². The molecule has 2 aromatic heterocycles. The van der Waals surface area contributed by atoms with Crippen LogP contribution in [0.25, 0.3) is 11.0 Å². The molecular formula is C16H15N3O4. The Labute approximate surface area is 130 Å². The Morgan fingerprint density at radius 2 is 2.00 bits per heavy atom. The zero-order valence-electron chi connectivity index (χ0n) is 12.4. The number of rotatable bonds is 4. The second-order valence-electron chi connectivity index (χ2n) is 5.36. The van der Waals surface area contributed by atoms with Crippen LogP contribution in [0.2, 0.25) is 0 Å². The van der Waals surface area contributed by atoms with E-state index in [-0.39, 0.29) is 23.0 Å². The van der Waals surface area contributed by atoms with Gasteiger partial charge in [0.05, 0.1) is 11.6 Å². The van der Waals surface area contributed by atoms with Crippen molar-refractivity contribution < 1.29 is 9.21 Å². The fourth-order valence-corrected chi connectivity index (χ4v) is 2.78. The lowest BCUT2D eigenvalue weighted by Gasteiger charge is -2.14. The Hall–Kier alpha value is -3.09. The molecule has 0 aliphatic rings. The smallest absolute Gasteiger partial charge is 0.267 e. The quantitative estimate of drug-likeness (QED) is 0.668. The van der Waals surface area contributed by atoms with Crippen molar-refractivity contribution in [3.63, 3.8) is 0 Å². The molecule has 0 spiro atoms. The highest BCUT2D eigenvalue weighted by Crippen LogP contribution is 2.26. The summed E-state index contributed by atoms with van der Waals surface area (Å²) in [6.07, 6.45) is 1.13. The molecular weight excluding hydrogens is 298 g/mol. The maximum atomic E-state index is 12.7. The number of amides is 1. The summed E-state index contributed by atoms with van der Waals surface area (Å²) in [6, 6.07) is 6.80. The number of benzene rings is 1. The number of carbonyl (C=O) groups excluding carboxylic acids is 1. The number of H-pyrrole nitrogens is 2. The Bertz CT molecular complexity index is 996. The van der Waals surface area contributed by atoms with Crippen LogP contribution in [0.4, 0.5) is 0 Å². The minimum Gasteiger partial charge on any atom is -0.464 e. The van der Waals surface area contributed by atoms with Crippen LogP contribution >= 0.6 is 0 Å². The standard InChI is InChI=1S/C16H15N3O4/c1-8-14(16(22)19-18-8)10(6-13(17)20)11-7-23-12-5-3-2-4-9(12)15(11)21/h2-5,7,10H,6H2,1H3,(H2,17,20)(H2,18,19,22)/t10-/m0/s1. The molecule has 0 fully saturated rings. The number of para-hydroxylation sites is 1. The molecule has 3 rings (SSSR count). The number of carbonyl (C=O) groups is 1. The number of hydrogen-bond acceptors (Lipinski definition) is 4. The van der Waals surface area contributed by atoms with Crippen molar-refractivity contribution >= 4 is 16.9 Å². The summed E-state index contributed by atoms with van der Waals surface area (Å²) in [5, 5.41) is 5.54. The molecule has 0 saturated heterocycles. The molecule has 7 nitrogen and oxygen atoms in total. The number of primary amides is 1. The summed E-state index contributed by atoms with van der Waals surface area (Å²) < 4.78 is 5.49. The summed E-state index contributed by atoms with van der Waals surface area (Å²) in [5.41, 5.74) is 6.18. The van der Waals surface area contributed by atoms with Crippen molar-refractivity contribution in [1.82, 2.24) is 10.2 Å². The number of nitrogens with two attached hydrogens (primary N) is 1. The molecule has 0 bridgehead atoms. The monoisotopic (exact) mass is 313 g/mol. The average molecular weight is 313 g/mol. The second kappa shape index (κ2) is 5.60. The number of aromatic amines is 2. The van der Waals surface area contributed by atoms with Gasteiger partial charge in [0.1, 0.15) is 5.58 Å². The summed E-state index contributed by atoms with van der Waals surface area (Å²) in [5.74, 6) is -1.37. The van der Waals surface area contributed by atoms with Crippen LogP contribution < -0.4 is 16.7 Å². The maximum absolute atomic E-state index is 12.7. The molecule has 0 aliphatic heterocycles. The van der Waals surface area contributed by atoms with Gasteiger partial charge in [-0.1, -0.05) is 12.1 Å². The highest BCUT2D eigenvalue weighted by molar-refractivity contribution is 5.78. The van der Waals surface area contributed by atoms with Gasteiger partial charge in [-0.05, 0) is 19.1 Å². The Morgan fingerprint density at radius 3 is 2.65 bits per heavy atom. The van der Waals surface area contributed by atoms with Gasteiger partial charge in [-0.25, -0.2) is 0 Å². The minimum absolute atomic E-state index is 0.162. The van der Waals surface area contributed by atoms with Gasteiger partial charge in [0.15, 0.2) is 5.43 Å². The highest BCUT2D eigenvalue weighted by atomic mass is 16.3. The number of aromatic nitrogens is 2. The Balaban J connectivity index is 2.26. The zero-order valence-corrected chi connectivity index (χ0v) is 12.4. The third-order valence-electron chi connectivity index (χ3n) is 3.85. The van der Waals surface area contributed by atoms with Gasteiger partial charge >= 0.3 is 0 Å². The van der Waals surface area contributed by atoms with Gasteiger partial charge in [-0.15, -0.1) is 0 Å². The average Bonchev–Trinajstić information content (AvgIpc) is 2.85. The van der Waals surface area contributed by atoms with Crippen LogP contribution in [0, 0.1) is 6.92 Å². The van der Waals surface area contributed by atoms with E-state index in [2.05, 4.69) is 10.2 Å². The molecule has 2 heterocycles. The van der Waals surface area contributed by atoms with E-state index in [1.165, 1.54) is 6.26 Å². The first kappa shape index (κ1) is 14.8. The topological polar surface area (TPSA) is 122 Å². The lowest BCUT2D eigenvalue weighted by molar-refractivity contribution is -0.118. The fraction of sp³-hybridized carbons (Fsp3) is 0.188. The zero-order chi connectivity index (χ0) is 16.6. The largest absolute Gasteiger partial charge is 0.464 e. The summed E-state index contributed by atoms with van der Waals surface area (Å²) in [7, 11) is 0. The molecule has 1 amide bonds. The van der Waals surface area contributed by atoms with Crippen LogP contribution in [0.3, 0.4) is 0 Å². The van der Waals surface area contributed by atoms with Gasteiger partial charge in [0.2, 0.25) is 5.91 Å². The van der Waals surface area contributed by atoms with Crippen LogP contribution in [-0.2, 0) is 4.79 Å². The first-order valence-electron chi connectivity index (χ1n) is 7.05. The van der Waals surface area contributed by atoms with Gasteiger partial charge < -0.3 is 15.2 Å². The lowest BCUT2D eigenvalue weighted by Crippen LogP contribution is -2.24. The van der Waals surface area contributed by atoms with E-state index in [0.717, 1.165) is 0 Å². The summed E-state index contributed by atoms with van der Waals surface area (Å²) in [4.78, 5) is 36.2. The third-order valence-corrected chi connectivity index (χ3v) is 3.85. The van der Waals surface area contributed by atoms with Crippen molar-refractivity contribution in [2.75, 3.05) is 0 Å². The van der Waals surface area contributed by atoms with Crippen molar-refractivity contribution in [1.29, 1.82) is 0 Å². The summed E-state index contributed by atoms with van der Waals surface area (Å²) in [6.45, 7) is 1.68. The number of fused-ring (bicyclic) bond motifs is 1. The molecule has 4 N–H and O–H groups in total. The van der Waals surface area contributed by atoms with Crippen LogP contribution in [0.15, 0.2) is 44.5 Å². The fourth-order valence-electron chi connectivity index (χ4n) is 2.78. The normalized spacial score (nSPS) is 12.4. The maximum Gasteiger partial charge on any atom is 0.267 e. The predicted octanol–water partition coefficient (Wildman–Crippen LogP) is 1.13. The molecule has 0 saturated carbocycles. The molecule has 0 aliphatic carbocycles. The number of hydrogen-bond donors (Lipinski definition) is 3. The molecule has 118 valence electrons. The van der Waals surface area contributed by atoms with E-state index in [4.69, 9.17) is 10.2 Å². The van der Waals surface area contributed by atoms with Crippen molar-refractivity contribution in [2.24, 2.45) is 5.73 Å². The first-order valence-corrected chi connectivity index (χ1v) is 7.05. The van der Waals surface area contributed by atoms with Gasteiger partial charge in [-0.2, -0.15) is 0 Å². The van der Waals surface area contributed by atoms with Crippen molar-refractivity contribution in [3.05, 3.63) is 67.9 Å². The predicted molar refractivity (Wildman–Crippen MR) is 84.3 cm³/mol. The molecule has 0 radical (unpaired) electrons. The van der Waals surface area contributed by atoms with Gasteiger partial charge in [-0.3, -0.25) is 19.5 Å².